The second-order valence-electron chi connectivity index (χ2n) is 15.1. The zero-order valence-corrected chi connectivity index (χ0v) is 30.9. The van der Waals surface area contributed by atoms with Gasteiger partial charge in [0.25, 0.3) is 5.88 Å². The van der Waals surface area contributed by atoms with Crippen LogP contribution in [0.2, 0.25) is 0 Å². The standard InChI is InChI=1S/C40H49NO10/c1-9-11-16-49-23-18-25(46-6)32-27-22(20-38(32)21(3)14-13-15-37(38,4)5)31-30(33(42)28(23)27)35(44)39(45)26(40(31,47-7)48-8)19-24-29(34(39)43)36(41-51-24)50-17-12-10-2/h14,18,26,42,45H,9-13,15-17,19-20H2,1-8H3/t26-,38-,39+/m1/s1. The number of aliphatic hydroxyl groups is 1. The number of aromatic nitrogens is 1. The average Bonchev–Trinajstić information content (AvgIpc) is 3.69. The lowest BCUT2D eigenvalue weighted by Crippen LogP contribution is -2.66. The van der Waals surface area contributed by atoms with Crippen LogP contribution in [0.25, 0.3) is 10.8 Å². The van der Waals surface area contributed by atoms with Crippen LogP contribution in [0, 0.1) is 11.3 Å². The van der Waals surface area contributed by atoms with Gasteiger partial charge in [0.2, 0.25) is 17.4 Å². The van der Waals surface area contributed by atoms with Gasteiger partial charge in [0, 0.05) is 48.6 Å². The van der Waals surface area contributed by atoms with Crippen LogP contribution in [0.4, 0.5) is 0 Å². The quantitative estimate of drug-likeness (QED) is 0.0932. The molecule has 0 unspecified atom stereocenters. The van der Waals surface area contributed by atoms with Crippen molar-refractivity contribution in [2.45, 2.75) is 103 Å². The number of hydrogen-bond donors (Lipinski definition) is 2. The smallest absolute Gasteiger partial charge is 0.265 e. The molecule has 4 aliphatic carbocycles. The van der Waals surface area contributed by atoms with Crippen molar-refractivity contribution in [2.75, 3.05) is 34.5 Å². The number of rotatable bonds is 11. The van der Waals surface area contributed by atoms with Crippen molar-refractivity contribution in [3.63, 3.8) is 0 Å². The van der Waals surface area contributed by atoms with E-state index < -0.39 is 40.0 Å². The van der Waals surface area contributed by atoms with Crippen molar-refractivity contribution in [3.8, 4) is 23.1 Å². The summed E-state index contributed by atoms with van der Waals surface area (Å²) in [5.74, 6) is -4.44. The average molecular weight is 704 g/mol. The maximum Gasteiger partial charge on any atom is 0.265 e. The summed E-state index contributed by atoms with van der Waals surface area (Å²) in [7, 11) is 4.47. The Bertz CT molecular complexity index is 1970. The summed E-state index contributed by atoms with van der Waals surface area (Å²) in [6.45, 7) is 11.3. The maximum absolute atomic E-state index is 15.1. The monoisotopic (exact) mass is 703 g/mol. The molecule has 1 heterocycles. The minimum Gasteiger partial charge on any atom is -0.506 e. The number of hydrogen-bond acceptors (Lipinski definition) is 11. The van der Waals surface area contributed by atoms with Gasteiger partial charge in [-0.25, -0.2) is 0 Å². The summed E-state index contributed by atoms with van der Waals surface area (Å²) < 4.78 is 36.6. The third-order valence-electron chi connectivity index (χ3n) is 12.4. The Hall–Kier alpha value is -3.93. The molecule has 0 fully saturated rings. The molecule has 2 aromatic carbocycles. The Morgan fingerprint density at radius 2 is 1.61 bits per heavy atom. The zero-order valence-electron chi connectivity index (χ0n) is 30.9. The second kappa shape index (κ2) is 12.3. The number of phenols is 1. The van der Waals surface area contributed by atoms with E-state index in [1.54, 1.807) is 13.2 Å². The van der Waals surface area contributed by atoms with Crippen LogP contribution in [-0.2, 0) is 33.5 Å². The summed E-state index contributed by atoms with van der Waals surface area (Å²) in [5, 5.41) is 30.2. The molecule has 0 saturated carbocycles. The molecule has 3 aromatic rings. The Morgan fingerprint density at radius 1 is 0.941 bits per heavy atom. The summed E-state index contributed by atoms with van der Waals surface area (Å²) in [6, 6.07) is 1.80. The molecule has 0 amide bonds. The van der Waals surface area contributed by atoms with E-state index in [9.17, 15) is 15.0 Å². The molecule has 2 N–H and O–H groups in total. The van der Waals surface area contributed by atoms with E-state index in [4.69, 9.17) is 28.2 Å². The number of carbonyl (C=O) groups excluding carboxylic acids is 2. The third kappa shape index (κ3) is 4.43. The van der Waals surface area contributed by atoms with Crippen molar-refractivity contribution < 1.29 is 48.0 Å². The van der Waals surface area contributed by atoms with Crippen molar-refractivity contribution in [2.24, 2.45) is 11.3 Å². The highest BCUT2D eigenvalue weighted by atomic mass is 16.7. The first-order valence-corrected chi connectivity index (χ1v) is 18.1. The van der Waals surface area contributed by atoms with Crippen LogP contribution < -0.4 is 14.2 Å². The van der Waals surface area contributed by atoms with Gasteiger partial charge >= 0.3 is 0 Å². The molecule has 0 bridgehead atoms. The molecule has 0 aliphatic heterocycles. The van der Waals surface area contributed by atoms with Crippen LogP contribution >= 0.6 is 0 Å². The number of methoxy groups -OCH3 is 3. The Labute approximate surface area is 298 Å². The number of allylic oxidation sites excluding steroid dienone is 2. The predicted octanol–water partition coefficient (Wildman–Crippen LogP) is 6.89. The molecule has 1 spiro atoms. The first-order chi connectivity index (χ1) is 24.4. The molecule has 3 atom stereocenters. The van der Waals surface area contributed by atoms with Crippen LogP contribution in [0.15, 0.2) is 22.2 Å². The number of carbonyl (C=O) groups is 2. The van der Waals surface area contributed by atoms with Crippen LogP contribution in [0.3, 0.4) is 0 Å². The van der Waals surface area contributed by atoms with Crippen LogP contribution in [-0.4, -0.2) is 67.1 Å². The molecular weight excluding hydrogens is 654 g/mol. The van der Waals surface area contributed by atoms with Gasteiger partial charge < -0.3 is 38.4 Å². The number of unbranched alkanes of at least 4 members (excludes halogenated alkanes) is 2. The third-order valence-corrected chi connectivity index (χ3v) is 12.4. The number of phenolic OH excluding ortho intramolecular Hbond substituents is 1. The lowest BCUT2D eigenvalue weighted by molar-refractivity contribution is -0.275. The Morgan fingerprint density at radius 3 is 2.24 bits per heavy atom. The molecule has 11 nitrogen and oxygen atoms in total. The molecule has 274 valence electrons. The van der Waals surface area contributed by atoms with Crippen LogP contribution in [0.1, 0.15) is 116 Å². The van der Waals surface area contributed by atoms with Crippen molar-refractivity contribution >= 4 is 22.3 Å². The predicted molar refractivity (Wildman–Crippen MR) is 188 cm³/mol. The molecule has 51 heavy (non-hydrogen) atoms. The van der Waals surface area contributed by atoms with E-state index in [2.05, 4.69) is 38.9 Å². The summed E-state index contributed by atoms with van der Waals surface area (Å²) >= 11 is 0. The first kappa shape index (κ1) is 35.5. The van der Waals surface area contributed by atoms with Crippen molar-refractivity contribution in [3.05, 3.63) is 51.3 Å². The number of benzene rings is 2. The van der Waals surface area contributed by atoms with Gasteiger partial charge in [0.05, 0.1) is 37.2 Å². The van der Waals surface area contributed by atoms with Gasteiger partial charge in [-0.1, -0.05) is 52.2 Å². The number of Topliss-reactive ketones (excluding diaryl/α,β-unsaturated/α-hetero) is 2. The molecule has 11 heteroatoms. The minimum absolute atomic E-state index is 0.0808. The highest BCUT2D eigenvalue weighted by Gasteiger charge is 2.70. The van der Waals surface area contributed by atoms with E-state index in [0.29, 0.717) is 47.3 Å². The van der Waals surface area contributed by atoms with Crippen molar-refractivity contribution in [1.82, 2.24) is 5.16 Å². The van der Waals surface area contributed by atoms with E-state index >= 15 is 4.79 Å². The molecule has 7 rings (SSSR count). The lowest BCUT2D eigenvalue weighted by Gasteiger charge is -2.51. The maximum atomic E-state index is 15.1. The number of ketones is 2. The Kier molecular flexibility index (Phi) is 8.59. The van der Waals surface area contributed by atoms with E-state index in [-0.39, 0.29) is 46.8 Å². The zero-order chi connectivity index (χ0) is 36.7. The number of nitrogens with zero attached hydrogens (tertiary/aromatic N) is 1. The molecule has 4 aliphatic rings. The fraction of sp³-hybridized carbons (Fsp3) is 0.575. The second-order valence-corrected chi connectivity index (χ2v) is 15.1. The van der Waals surface area contributed by atoms with E-state index in [1.165, 1.54) is 14.2 Å². The van der Waals surface area contributed by atoms with Crippen molar-refractivity contribution in [1.29, 1.82) is 0 Å². The normalized spacial score (nSPS) is 25.4. The van der Waals surface area contributed by atoms with Gasteiger partial charge in [-0.05, 0) is 55.2 Å². The Balaban J connectivity index is 1.58. The van der Waals surface area contributed by atoms with E-state index in [0.717, 1.165) is 43.2 Å². The fourth-order valence-electron chi connectivity index (χ4n) is 9.71. The highest BCUT2D eigenvalue weighted by Crippen LogP contribution is 2.67. The van der Waals surface area contributed by atoms with E-state index in [1.807, 2.05) is 6.92 Å². The number of ether oxygens (including phenoxy) is 5. The van der Waals surface area contributed by atoms with Gasteiger partial charge in [0.15, 0.2) is 11.4 Å². The minimum atomic E-state index is -2.72. The summed E-state index contributed by atoms with van der Waals surface area (Å²) in [5.41, 5.74) is -0.878. The largest absolute Gasteiger partial charge is 0.506 e. The molecule has 1 aromatic heterocycles. The summed E-state index contributed by atoms with van der Waals surface area (Å²) in [4.78, 5) is 29.7. The molecular formula is C40H49NO10. The first-order valence-electron chi connectivity index (χ1n) is 18.1. The SMILES string of the molecule is CCCCOc1noc2c1C(=O)[C@]1(O)C(=O)c3c(c4c5c(c(OC)cc(OCCCC)c5c3O)[C@@]3(C4)C(C)=CCCC3(C)C)C(OC)(OC)[C@@H]1C2. The summed E-state index contributed by atoms with van der Waals surface area (Å²) in [6.07, 6.45) is 7.55. The lowest BCUT2D eigenvalue weighted by atomic mass is 9.54. The number of fused-ring (bicyclic) bond motifs is 5. The van der Waals surface area contributed by atoms with Gasteiger partial charge in [-0.15, -0.1) is 0 Å². The van der Waals surface area contributed by atoms with Gasteiger partial charge in [0.1, 0.15) is 22.8 Å². The molecule has 0 radical (unpaired) electrons. The topological polar surface area (TPSA) is 147 Å². The molecule has 0 saturated heterocycles. The highest BCUT2D eigenvalue weighted by molar-refractivity contribution is 6.28. The van der Waals surface area contributed by atoms with Gasteiger partial charge in [-0.3, -0.25) is 9.59 Å². The fourth-order valence-corrected chi connectivity index (χ4v) is 9.71. The van der Waals surface area contributed by atoms with Crippen LogP contribution in [0.5, 0.6) is 23.1 Å². The van der Waals surface area contributed by atoms with Gasteiger partial charge in [-0.2, -0.15) is 0 Å². The number of aromatic hydroxyl groups is 1.